The Morgan fingerprint density at radius 3 is 2.45 bits per heavy atom. The van der Waals surface area contributed by atoms with Crippen LogP contribution in [-0.4, -0.2) is 36.2 Å². The van der Waals surface area contributed by atoms with Gasteiger partial charge in [0.25, 0.3) is 10.1 Å². The van der Waals surface area contributed by atoms with Crippen molar-refractivity contribution in [3.63, 3.8) is 0 Å². The second-order valence-corrected chi connectivity index (χ2v) is 4.73. The molecule has 0 unspecified atom stereocenters. The Labute approximate surface area is 80.6 Å². The molecule has 2 N–H and O–H groups in total. The van der Waals surface area contributed by atoms with Gasteiger partial charge in [0.1, 0.15) is 0 Å². The van der Waals surface area contributed by atoms with Crippen molar-refractivity contribution < 1.29 is 13.0 Å². The van der Waals surface area contributed by atoms with Gasteiger partial charge in [0.05, 0.1) is 5.75 Å². The van der Waals surface area contributed by atoms with Crippen LogP contribution in [0.4, 0.5) is 0 Å². The highest BCUT2D eigenvalue weighted by Gasteiger charge is 2.01. The van der Waals surface area contributed by atoms with E-state index in [4.69, 9.17) is 4.55 Å². The van der Waals surface area contributed by atoms with Crippen molar-refractivity contribution in [3.8, 4) is 0 Å². The molecule has 0 rings (SSSR count). The average Bonchev–Trinajstić information content (AvgIpc) is 1.85. The highest BCUT2D eigenvalue weighted by Crippen LogP contribution is 1.86. The van der Waals surface area contributed by atoms with Gasteiger partial charge in [-0.15, -0.1) is 0 Å². The van der Waals surface area contributed by atoms with Crippen LogP contribution in [0.3, 0.4) is 0 Å². The van der Waals surface area contributed by atoms with Crippen molar-refractivity contribution in [2.45, 2.75) is 6.42 Å². The van der Waals surface area contributed by atoms with Crippen molar-refractivity contribution >= 4 is 32.7 Å². The van der Waals surface area contributed by atoms with Crippen LogP contribution in [0, 0.1) is 0 Å². The average molecular weight is 293 g/mol. The second-order valence-electron chi connectivity index (χ2n) is 2.08. The monoisotopic (exact) mass is 293 g/mol. The van der Waals surface area contributed by atoms with E-state index in [1.165, 1.54) is 0 Å². The summed E-state index contributed by atoms with van der Waals surface area (Å²) >= 11 is 2.23. The molecule has 11 heavy (non-hydrogen) atoms. The fourth-order valence-electron chi connectivity index (χ4n) is 0.571. The fraction of sp³-hybridized carbons (Fsp3) is 1.00. The van der Waals surface area contributed by atoms with E-state index in [9.17, 15) is 8.42 Å². The van der Waals surface area contributed by atoms with E-state index in [1.807, 2.05) is 0 Å². The Morgan fingerprint density at radius 1 is 1.36 bits per heavy atom. The summed E-state index contributed by atoms with van der Waals surface area (Å²) in [7, 11) is -3.75. The van der Waals surface area contributed by atoms with E-state index in [0.717, 1.165) is 11.0 Å². The van der Waals surface area contributed by atoms with Crippen LogP contribution < -0.4 is 5.32 Å². The first kappa shape index (κ1) is 11.6. The molecule has 4 nitrogen and oxygen atoms in total. The molecule has 0 aliphatic rings. The smallest absolute Gasteiger partial charge is 0.264 e. The molecule has 0 radical (unpaired) electrons. The van der Waals surface area contributed by atoms with E-state index in [0.29, 0.717) is 13.0 Å². The van der Waals surface area contributed by atoms with E-state index < -0.39 is 10.1 Å². The fourth-order valence-corrected chi connectivity index (χ4v) is 1.46. The minimum atomic E-state index is -3.75. The van der Waals surface area contributed by atoms with Gasteiger partial charge in [-0.3, -0.25) is 4.55 Å². The first-order valence-electron chi connectivity index (χ1n) is 3.28. The molecule has 0 atom stereocenters. The normalized spacial score (nSPS) is 11.8. The lowest BCUT2D eigenvalue weighted by atomic mass is 10.5. The van der Waals surface area contributed by atoms with E-state index in [2.05, 4.69) is 27.9 Å². The summed E-state index contributed by atoms with van der Waals surface area (Å²) in [6, 6.07) is 0. The lowest BCUT2D eigenvalue weighted by molar-refractivity contribution is 0.480. The SMILES string of the molecule is O=S(=O)(O)CCCNCCI. The Morgan fingerprint density at radius 2 is 2.00 bits per heavy atom. The maximum absolute atomic E-state index is 10.2. The largest absolute Gasteiger partial charge is 0.316 e. The van der Waals surface area contributed by atoms with E-state index >= 15 is 0 Å². The number of rotatable bonds is 6. The molecule has 0 spiro atoms. The molecule has 0 heterocycles. The van der Waals surface area contributed by atoms with E-state index in [-0.39, 0.29) is 5.75 Å². The third-order valence-electron chi connectivity index (χ3n) is 1.03. The molecule has 0 amide bonds. The lowest BCUT2D eigenvalue weighted by Gasteiger charge is -1.99. The minimum Gasteiger partial charge on any atom is -0.316 e. The first-order chi connectivity index (χ1) is 5.06. The highest BCUT2D eigenvalue weighted by atomic mass is 127. The van der Waals surface area contributed by atoms with Crippen molar-refractivity contribution in [2.75, 3.05) is 23.3 Å². The van der Waals surface area contributed by atoms with Crippen LogP contribution in [0.5, 0.6) is 0 Å². The number of halogens is 1. The molecule has 0 aliphatic heterocycles. The van der Waals surface area contributed by atoms with Crippen molar-refractivity contribution in [2.24, 2.45) is 0 Å². The molecule has 0 saturated heterocycles. The summed E-state index contributed by atoms with van der Waals surface area (Å²) in [6.45, 7) is 1.52. The summed E-state index contributed by atoms with van der Waals surface area (Å²) in [6.07, 6.45) is 0.468. The lowest BCUT2D eigenvalue weighted by Crippen LogP contribution is -2.20. The predicted molar refractivity (Wildman–Crippen MR) is 52.8 cm³/mol. The third kappa shape index (κ3) is 10.6. The Kier molecular flexibility index (Phi) is 6.49. The van der Waals surface area contributed by atoms with Crippen LogP contribution in [0.2, 0.25) is 0 Å². The summed E-state index contributed by atoms with van der Waals surface area (Å²) < 4.78 is 29.7. The van der Waals surface area contributed by atoms with Crippen LogP contribution in [0.1, 0.15) is 6.42 Å². The molecule has 0 aromatic carbocycles. The van der Waals surface area contributed by atoms with Crippen molar-refractivity contribution in [1.82, 2.24) is 5.32 Å². The molecule has 0 aromatic rings. The number of alkyl halides is 1. The summed E-state index contributed by atoms with van der Waals surface area (Å²) in [5, 5.41) is 3.02. The van der Waals surface area contributed by atoms with Crippen LogP contribution >= 0.6 is 22.6 Å². The summed E-state index contributed by atoms with van der Waals surface area (Å²) in [4.78, 5) is 0. The molecule has 0 bridgehead atoms. The van der Waals surface area contributed by atoms with Gasteiger partial charge in [-0.05, 0) is 13.0 Å². The number of hydrogen-bond donors (Lipinski definition) is 2. The topological polar surface area (TPSA) is 66.4 Å². The Bertz CT molecular complexity index is 180. The molecule has 0 aromatic heterocycles. The Balaban J connectivity index is 3.16. The summed E-state index contributed by atoms with van der Waals surface area (Å²) in [5.41, 5.74) is 0. The maximum Gasteiger partial charge on any atom is 0.264 e. The van der Waals surface area contributed by atoms with Crippen LogP contribution in [-0.2, 0) is 10.1 Å². The molecule has 68 valence electrons. The molecule has 0 fully saturated rings. The molecule has 0 saturated carbocycles. The zero-order valence-electron chi connectivity index (χ0n) is 6.09. The number of nitrogens with one attached hydrogen (secondary N) is 1. The standard InChI is InChI=1S/C5H12INO3S/c6-2-4-7-3-1-5-11(8,9)10/h7H,1-5H2,(H,8,9,10). The zero-order chi connectivity index (χ0) is 8.74. The third-order valence-corrected chi connectivity index (χ3v) is 2.37. The Hall–Kier alpha value is 0.600. The minimum absolute atomic E-state index is 0.152. The van der Waals surface area contributed by atoms with Gasteiger partial charge in [-0.1, -0.05) is 22.6 Å². The molecule has 6 heteroatoms. The van der Waals surface area contributed by atoms with Gasteiger partial charge in [0, 0.05) is 11.0 Å². The van der Waals surface area contributed by atoms with Gasteiger partial charge in [0.2, 0.25) is 0 Å². The second kappa shape index (κ2) is 6.15. The number of hydrogen-bond acceptors (Lipinski definition) is 3. The maximum atomic E-state index is 10.2. The molecule has 0 aliphatic carbocycles. The highest BCUT2D eigenvalue weighted by molar-refractivity contribution is 14.1. The van der Waals surface area contributed by atoms with Crippen LogP contribution in [0.25, 0.3) is 0 Å². The summed E-state index contributed by atoms with van der Waals surface area (Å²) in [5.74, 6) is -0.152. The predicted octanol–water partition coefficient (Wildman–Crippen LogP) is 0.289. The molecular formula is C5H12INO3S. The van der Waals surface area contributed by atoms with E-state index in [1.54, 1.807) is 0 Å². The van der Waals surface area contributed by atoms with Gasteiger partial charge in [0.15, 0.2) is 0 Å². The van der Waals surface area contributed by atoms with Crippen LogP contribution in [0.15, 0.2) is 0 Å². The molecular weight excluding hydrogens is 281 g/mol. The van der Waals surface area contributed by atoms with Crippen molar-refractivity contribution in [3.05, 3.63) is 0 Å². The quantitative estimate of drug-likeness (QED) is 0.320. The first-order valence-corrected chi connectivity index (χ1v) is 6.41. The zero-order valence-corrected chi connectivity index (χ0v) is 9.06. The van der Waals surface area contributed by atoms with Gasteiger partial charge < -0.3 is 5.32 Å². The van der Waals surface area contributed by atoms with Gasteiger partial charge in [-0.2, -0.15) is 8.42 Å². The van der Waals surface area contributed by atoms with Gasteiger partial charge in [-0.25, -0.2) is 0 Å². The van der Waals surface area contributed by atoms with Gasteiger partial charge >= 0.3 is 0 Å². The van der Waals surface area contributed by atoms with Crippen molar-refractivity contribution in [1.29, 1.82) is 0 Å².